The first kappa shape index (κ1) is 16.6. The minimum atomic E-state index is 0.686. The van der Waals surface area contributed by atoms with E-state index in [0.717, 1.165) is 29.9 Å². The summed E-state index contributed by atoms with van der Waals surface area (Å²) in [7, 11) is 0. The molecule has 2 aromatic carbocycles. The lowest BCUT2D eigenvalue weighted by Gasteiger charge is -2.07. The lowest BCUT2D eigenvalue weighted by Crippen LogP contribution is -1.86. The van der Waals surface area contributed by atoms with Gasteiger partial charge in [0.05, 0.1) is 6.07 Å². The van der Waals surface area contributed by atoms with Crippen LogP contribution in [0.1, 0.15) is 31.4 Å². The molecule has 2 nitrogen and oxygen atoms in total. The molecule has 0 bridgehead atoms. The van der Waals surface area contributed by atoms with Crippen LogP contribution in [0.15, 0.2) is 66.3 Å². The zero-order valence-corrected chi connectivity index (χ0v) is 13.6. The normalized spacial score (nSPS) is 11.4. The highest BCUT2D eigenvalue weighted by atomic mass is 16.5. The minimum absolute atomic E-state index is 0.686. The zero-order chi connectivity index (χ0) is 16.5. The molecule has 0 atom stereocenters. The van der Waals surface area contributed by atoms with Crippen LogP contribution in [0, 0.1) is 11.3 Å². The second-order valence-corrected chi connectivity index (χ2v) is 5.34. The molecule has 0 unspecified atom stereocenters. The highest BCUT2D eigenvalue weighted by Gasteiger charge is 1.98. The summed E-state index contributed by atoms with van der Waals surface area (Å²) < 4.78 is 5.84. The summed E-state index contributed by atoms with van der Waals surface area (Å²) in [5.41, 5.74) is 2.95. The van der Waals surface area contributed by atoms with E-state index < -0.39 is 0 Å². The van der Waals surface area contributed by atoms with E-state index in [-0.39, 0.29) is 0 Å². The van der Waals surface area contributed by atoms with Crippen molar-refractivity contribution in [3.63, 3.8) is 0 Å². The van der Waals surface area contributed by atoms with Gasteiger partial charge in [0.15, 0.2) is 0 Å². The highest BCUT2D eigenvalue weighted by molar-refractivity contribution is 5.57. The summed E-state index contributed by atoms with van der Waals surface area (Å²) >= 11 is 0. The Morgan fingerprint density at radius 3 is 2.17 bits per heavy atom. The first-order valence-electron chi connectivity index (χ1n) is 7.81. The van der Waals surface area contributed by atoms with Crippen molar-refractivity contribution in [3.8, 4) is 17.6 Å². The van der Waals surface area contributed by atoms with E-state index in [1.807, 2.05) is 42.5 Å². The summed E-state index contributed by atoms with van der Waals surface area (Å²) in [6.45, 7) is 3.93. The predicted octanol–water partition coefficient (Wildman–Crippen LogP) is 5.91. The first-order valence-corrected chi connectivity index (χ1v) is 7.81. The van der Waals surface area contributed by atoms with Gasteiger partial charge in [0.25, 0.3) is 0 Å². The molecule has 0 aliphatic rings. The lowest BCUT2D eigenvalue weighted by atomic mass is 10.1. The standard InChI is InChI=1S/C21H21NO/c1-3-4-5-6-18-7-11-20(12-8-18)23-21-13-9-19(10-14-21)15-17(2)16-22/h4-5,7-15H,3,6H2,1-2H3/b5-4+,17-15-. The number of hydrogen-bond donors (Lipinski definition) is 0. The summed E-state index contributed by atoms with van der Waals surface area (Å²) in [5.74, 6) is 1.61. The lowest BCUT2D eigenvalue weighted by molar-refractivity contribution is 0.482. The van der Waals surface area contributed by atoms with Crippen LogP contribution in [0.4, 0.5) is 0 Å². The SMILES string of the molecule is CC/C=C/Cc1ccc(Oc2ccc(/C=C(/C)C#N)cc2)cc1. The molecule has 0 saturated carbocycles. The van der Waals surface area contributed by atoms with Crippen LogP contribution in [0.25, 0.3) is 6.08 Å². The van der Waals surface area contributed by atoms with Gasteiger partial charge in [-0.15, -0.1) is 0 Å². The van der Waals surface area contributed by atoms with Gasteiger partial charge in [0, 0.05) is 5.57 Å². The third kappa shape index (κ3) is 5.48. The van der Waals surface area contributed by atoms with Gasteiger partial charge >= 0.3 is 0 Å². The van der Waals surface area contributed by atoms with Crippen molar-refractivity contribution in [1.82, 2.24) is 0 Å². The van der Waals surface area contributed by atoms with Gasteiger partial charge in [-0.3, -0.25) is 0 Å². The quantitative estimate of drug-likeness (QED) is 0.490. The van der Waals surface area contributed by atoms with E-state index in [0.29, 0.717) is 5.57 Å². The van der Waals surface area contributed by atoms with E-state index >= 15 is 0 Å². The van der Waals surface area contributed by atoms with E-state index in [1.165, 1.54) is 5.56 Å². The van der Waals surface area contributed by atoms with E-state index in [2.05, 4.69) is 37.3 Å². The third-order valence-electron chi connectivity index (χ3n) is 3.35. The molecule has 0 aliphatic carbocycles. The fourth-order valence-electron chi connectivity index (χ4n) is 2.13. The molecule has 0 aromatic heterocycles. The molecule has 0 aliphatic heterocycles. The fraction of sp³-hybridized carbons (Fsp3) is 0.190. The average Bonchev–Trinajstić information content (AvgIpc) is 2.58. The van der Waals surface area contributed by atoms with Gasteiger partial charge < -0.3 is 4.74 Å². The Morgan fingerprint density at radius 1 is 1.00 bits per heavy atom. The molecule has 0 fully saturated rings. The monoisotopic (exact) mass is 303 g/mol. The van der Waals surface area contributed by atoms with Crippen molar-refractivity contribution in [3.05, 3.63) is 77.4 Å². The maximum absolute atomic E-state index is 8.79. The Labute approximate surface area is 138 Å². The Balaban J connectivity index is 1.99. The molecule has 2 rings (SSSR count). The Bertz CT molecular complexity index is 716. The molecule has 2 aromatic rings. The number of allylic oxidation sites excluding steroid dienone is 3. The molecule has 0 N–H and O–H groups in total. The molecule has 0 radical (unpaired) electrons. The predicted molar refractivity (Wildman–Crippen MR) is 95.4 cm³/mol. The van der Waals surface area contributed by atoms with Crippen LogP contribution in [0.3, 0.4) is 0 Å². The highest BCUT2D eigenvalue weighted by Crippen LogP contribution is 2.23. The zero-order valence-electron chi connectivity index (χ0n) is 13.6. The Kier molecular flexibility index (Phi) is 6.20. The van der Waals surface area contributed by atoms with Crippen LogP contribution < -0.4 is 4.74 Å². The van der Waals surface area contributed by atoms with E-state index in [1.54, 1.807) is 6.92 Å². The summed E-state index contributed by atoms with van der Waals surface area (Å²) in [6.07, 6.45) is 8.23. The maximum atomic E-state index is 8.79. The van der Waals surface area contributed by atoms with E-state index in [9.17, 15) is 0 Å². The Morgan fingerprint density at radius 2 is 1.61 bits per heavy atom. The van der Waals surface area contributed by atoms with Crippen molar-refractivity contribution >= 4 is 6.08 Å². The second kappa shape index (κ2) is 8.60. The summed E-state index contributed by atoms with van der Waals surface area (Å²) in [4.78, 5) is 0. The first-order chi connectivity index (χ1) is 11.2. The molecule has 0 amide bonds. The molecule has 0 spiro atoms. The molecule has 0 saturated heterocycles. The van der Waals surface area contributed by atoms with Crippen molar-refractivity contribution in [2.75, 3.05) is 0 Å². The number of rotatable bonds is 6. The molecular weight excluding hydrogens is 282 g/mol. The number of nitriles is 1. The molecule has 0 heterocycles. The summed E-state index contributed by atoms with van der Waals surface area (Å²) in [6, 6.07) is 18.0. The van der Waals surface area contributed by atoms with Gasteiger partial charge in [-0.05, 0) is 61.2 Å². The molecular formula is C21H21NO. The fourth-order valence-corrected chi connectivity index (χ4v) is 2.13. The van der Waals surface area contributed by atoms with Gasteiger partial charge in [0.2, 0.25) is 0 Å². The van der Waals surface area contributed by atoms with Gasteiger partial charge in [-0.2, -0.15) is 5.26 Å². The van der Waals surface area contributed by atoms with Crippen molar-refractivity contribution < 1.29 is 4.74 Å². The molecule has 116 valence electrons. The summed E-state index contributed by atoms with van der Waals surface area (Å²) in [5, 5.41) is 8.79. The molecule has 23 heavy (non-hydrogen) atoms. The van der Waals surface area contributed by atoms with Crippen LogP contribution in [0.2, 0.25) is 0 Å². The Hall–Kier alpha value is -2.79. The van der Waals surface area contributed by atoms with Crippen LogP contribution in [-0.4, -0.2) is 0 Å². The minimum Gasteiger partial charge on any atom is -0.457 e. The smallest absolute Gasteiger partial charge is 0.127 e. The molecule has 2 heteroatoms. The number of nitrogens with zero attached hydrogens (tertiary/aromatic N) is 1. The number of benzene rings is 2. The maximum Gasteiger partial charge on any atom is 0.127 e. The number of ether oxygens (including phenoxy) is 1. The van der Waals surface area contributed by atoms with Crippen molar-refractivity contribution in [2.45, 2.75) is 26.7 Å². The van der Waals surface area contributed by atoms with Crippen LogP contribution in [-0.2, 0) is 6.42 Å². The third-order valence-corrected chi connectivity index (χ3v) is 3.35. The van der Waals surface area contributed by atoms with Crippen molar-refractivity contribution in [2.24, 2.45) is 0 Å². The van der Waals surface area contributed by atoms with E-state index in [4.69, 9.17) is 10.00 Å². The second-order valence-electron chi connectivity index (χ2n) is 5.34. The topological polar surface area (TPSA) is 33.0 Å². The van der Waals surface area contributed by atoms with Gasteiger partial charge in [-0.25, -0.2) is 0 Å². The average molecular weight is 303 g/mol. The van der Waals surface area contributed by atoms with Gasteiger partial charge in [0.1, 0.15) is 11.5 Å². The van der Waals surface area contributed by atoms with Crippen LogP contribution >= 0.6 is 0 Å². The van der Waals surface area contributed by atoms with Crippen molar-refractivity contribution in [1.29, 1.82) is 5.26 Å². The van der Waals surface area contributed by atoms with Crippen LogP contribution in [0.5, 0.6) is 11.5 Å². The van der Waals surface area contributed by atoms with Gasteiger partial charge in [-0.1, -0.05) is 43.3 Å². The number of hydrogen-bond acceptors (Lipinski definition) is 2. The largest absolute Gasteiger partial charge is 0.457 e.